The average molecular weight is 255 g/mol. The van der Waals surface area contributed by atoms with Crippen LogP contribution >= 0.6 is 0 Å². The Hall–Kier alpha value is -2.04. The SMILES string of the molecule is CC1=CC(C)=[N+]2Bn3c(ccc3CCC(=O)O)C=C12. The van der Waals surface area contributed by atoms with Gasteiger partial charge in [-0.25, -0.2) is 0 Å². The van der Waals surface area contributed by atoms with Crippen LogP contribution in [0.3, 0.4) is 0 Å². The van der Waals surface area contributed by atoms with Crippen molar-refractivity contribution in [3.8, 4) is 0 Å². The summed E-state index contributed by atoms with van der Waals surface area (Å²) in [4.78, 5) is 10.7. The topological polar surface area (TPSA) is 45.2 Å². The fraction of sp³-hybridized carbons (Fsp3) is 0.286. The summed E-state index contributed by atoms with van der Waals surface area (Å²) in [7, 11) is 0.781. The van der Waals surface area contributed by atoms with E-state index in [1.807, 2.05) is 6.07 Å². The molecule has 0 fully saturated rings. The zero-order valence-corrected chi connectivity index (χ0v) is 11.2. The van der Waals surface area contributed by atoms with Crippen molar-refractivity contribution in [3.63, 3.8) is 0 Å². The molecule has 4 nitrogen and oxygen atoms in total. The lowest BCUT2D eigenvalue weighted by molar-refractivity contribution is -0.314. The maximum Gasteiger partial charge on any atom is 0.604 e. The summed E-state index contributed by atoms with van der Waals surface area (Å²) in [5.41, 5.74) is 6.04. The third-order valence-electron chi connectivity index (χ3n) is 3.81. The van der Waals surface area contributed by atoms with Gasteiger partial charge in [0.2, 0.25) is 0 Å². The number of rotatable bonds is 3. The molecule has 1 N–H and O–H groups in total. The average Bonchev–Trinajstić information content (AvgIpc) is 2.87. The van der Waals surface area contributed by atoms with Gasteiger partial charge in [0.05, 0.1) is 6.42 Å². The highest BCUT2D eigenvalue weighted by Gasteiger charge is 2.32. The van der Waals surface area contributed by atoms with E-state index in [4.69, 9.17) is 5.11 Å². The van der Waals surface area contributed by atoms with Gasteiger partial charge in [-0.15, -0.1) is 0 Å². The van der Waals surface area contributed by atoms with Crippen LogP contribution in [-0.4, -0.2) is 33.3 Å². The normalized spacial score (nSPS) is 16.5. The van der Waals surface area contributed by atoms with Gasteiger partial charge < -0.3 is 9.58 Å². The number of aryl methyl sites for hydroxylation is 1. The first-order valence-corrected chi connectivity index (χ1v) is 6.48. The van der Waals surface area contributed by atoms with Crippen LogP contribution in [0.15, 0.2) is 29.5 Å². The summed E-state index contributed by atoms with van der Waals surface area (Å²) < 4.78 is 4.47. The zero-order chi connectivity index (χ0) is 13.6. The number of aromatic nitrogens is 1. The number of fused-ring (bicyclic) bond motifs is 2. The molecule has 0 atom stereocenters. The molecule has 2 aliphatic heterocycles. The van der Waals surface area contributed by atoms with E-state index in [0.717, 1.165) is 18.9 Å². The van der Waals surface area contributed by atoms with Crippen LogP contribution in [0.4, 0.5) is 0 Å². The van der Waals surface area contributed by atoms with Crippen LogP contribution in [0.25, 0.3) is 6.08 Å². The van der Waals surface area contributed by atoms with Gasteiger partial charge in [0.15, 0.2) is 11.4 Å². The predicted molar refractivity (Wildman–Crippen MR) is 75.6 cm³/mol. The molecule has 0 saturated carbocycles. The molecule has 0 aromatic carbocycles. The molecule has 0 spiro atoms. The maximum atomic E-state index is 10.7. The minimum atomic E-state index is -0.746. The van der Waals surface area contributed by atoms with Crippen LogP contribution in [0.1, 0.15) is 31.7 Å². The van der Waals surface area contributed by atoms with E-state index in [1.165, 1.54) is 17.0 Å². The standard InChI is InChI=1S/C14H15BN2O2/c1-9-7-10(2)16-13(9)8-12-4-3-11(17(12)15-16)5-6-14(18)19/h3-4,7-8,15H,5-6H2,1-2H3/p+1. The largest absolute Gasteiger partial charge is 0.604 e. The van der Waals surface area contributed by atoms with Crippen molar-refractivity contribution in [2.45, 2.75) is 26.7 Å². The second-order valence-electron chi connectivity index (χ2n) is 5.14. The fourth-order valence-corrected chi connectivity index (χ4v) is 2.81. The molecule has 3 heterocycles. The Kier molecular flexibility index (Phi) is 2.70. The zero-order valence-electron chi connectivity index (χ0n) is 11.2. The molecular formula is C14H16BN2O2+. The van der Waals surface area contributed by atoms with Gasteiger partial charge in [0.25, 0.3) is 0 Å². The molecule has 0 unspecified atom stereocenters. The molecule has 0 radical (unpaired) electrons. The number of hydrogen-bond acceptors (Lipinski definition) is 1. The Morgan fingerprint density at radius 3 is 2.89 bits per heavy atom. The molecule has 0 saturated heterocycles. The van der Waals surface area contributed by atoms with E-state index in [0.29, 0.717) is 6.42 Å². The lowest BCUT2D eigenvalue weighted by Gasteiger charge is -2.14. The lowest BCUT2D eigenvalue weighted by Crippen LogP contribution is -2.30. The maximum absolute atomic E-state index is 10.7. The van der Waals surface area contributed by atoms with E-state index in [9.17, 15) is 4.79 Å². The first kappa shape index (κ1) is 12.0. The quantitative estimate of drug-likeness (QED) is 0.830. The second kappa shape index (κ2) is 4.26. The number of carbonyl (C=O) groups is 1. The predicted octanol–water partition coefficient (Wildman–Crippen LogP) is 1.41. The van der Waals surface area contributed by atoms with E-state index in [1.54, 1.807) is 0 Å². The minimum absolute atomic E-state index is 0.181. The monoisotopic (exact) mass is 255 g/mol. The highest BCUT2D eigenvalue weighted by Crippen LogP contribution is 2.26. The van der Waals surface area contributed by atoms with Crippen LogP contribution in [0, 0.1) is 0 Å². The van der Waals surface area contributed by atoms with Crippen molar-refractivity contribution < 1.29 is 14.4 Å². The lowest BCUT2D eigenvalue weighted by atomic mass is 10.0. The van der Waals surface area contributed by atoms with Crippen LogP contribution < -0.4 is 0 Å². The fourth-order valence-electron chi connectivity index (χ4n) is 2.81. The Balaban J connectivity index is 1.96. The van der Waals surface area contributed by atoms with Gasteiger partial charge >= 0.3 is 13.5 Å². The summed E-state index contributed by atoms with van der Waals surface area (Å²) in [6.07, 6.45) is 5.13. The van der Waals surface area contributed by atoms with Gasteiger partial charge in [-0.3, -0.25) is 9.28 Å². The molecule has 0 amide bonds. The summed E-state index contributed by atoms with van der Waals surface area (Å²) in [6, 6.07) is 4.11. The van der Waals surface area contributed by atoms with Gasteiger partial charge in [-0.05, 0) is 25.5 Å². The van der Waals surface area contributed by atoms with Crippen molar-refractivity contribution in [2.75, 3.05) is 0 Å². The molecule has 5 heteroatoms. The molecule has 96 valence electrons. The van der Waals surface area contributed by atoms with Gasteiger partial charge in [0, 0.05) is 36.0 Å². The van der Waals surface area contributed by atoms with Crippen LogP contribution in [-0.2, 0) is 11.2 Å². The Morgan fingerprint density at radius 1 is 1.37 bits per heavy atom. The first-order valence-electron chi connectivity index (χ1n) is 6.48. The molecule has 0 bridgehead atoms. The summed E-state index contributed by atoms with van der Waals surface area (Å²) in [5, 5.41) is 8.80. The van der Waals surface area contributed by atoms with Crippen molar-refractivity contribution in [3.05, 3.63) is 40.9 Å². The Labute approximate surface area is 112 Å². The second-order valence-corrected chi connectivity index (χ2v) is 5.14. The molecule has 3 rings (SSSR count). The highest BCUT2D eigenvalue weighted by atomic mass is 16.4. The number of aliphatic carboxylic acids is 1. The molecule has 1 aromatic heterocycles. The van der Waals surface area contributed by atoms with Crippen molar-refractivity contribution in [2.24, 2.45) is 0 Å². The van der Waals surface area contributed by atoms with E-state index < -0.39 is 5.97 Å². The van der Waals surface area contributed by atoms with Crippen molar-refractivity contribution >= 4 is 25.3 Å². The molecule has 2 aliphatic rings. The minimum Gasteiger partial charge on any atom is -0.481 e. The summed E-state index contributed by atoms with van der Waals surface area (Å²) in [5.74, 6) is -0.746. The smallest absolute Gasteiger partial charge is 0.481 e. The van der Waals surface area contributed by atoms with Crippen molar-refractivity contribution in [1.29, 1.82) is 0 Å². The van der Waals surface area contributed by atoms with Crippen LogP contribution in [0.2, 0.25) is 0 Å². The van der Waals surface area contributed by atoms with Gasteiger partial charge in [-0.2, -0.15) is 0 Å². The number of nitrogens with zero attached hydrogens (tertiary/aromatic N) is 2. The third kappa shape index (κ3) is 1.95. The van der Waals surface area contributed by atoms with E-state index >= 15 is 0 Å². The number of carboxylic acid groups (broad SMARTS) is 1. The van der Waals surface area contributed by atoms with Gasteiger partial charge in [-0.1, -0.05) is 0 Å². The first-order chi connectivity index (χ1) is 9.06. The summed E-state index contributed by atoms with van der Waals surface area (Å²) >= 11 is 0. The molecule has 19 heavy (non-hydrogen) atoms. The Bertz CT molecular complexity index is 665. The molecule has 1 aromatic rings. The van der Waals surface area contributed by atoms with E-state index in [-0.39, 0.29) is 6.42 Å². The highest BCUT2D eigenvalue weighted by molar-refractivity contribution is 6.28. The summed E-state index contributed by atoms with van der Waals surface area (Å²) in [6.45, 7) is 4.23. The molecule has 0 aliphatic carbocycles. The van der Waals surface area contributed by atoms with Gasteiger partial charge in [0.1, 0.15) is 0 Å². The molecular weight excluding hydrogens is 239 g/mol. The van der Waals surface area contributed by atoms with Crippen molar-refractivity contribution in [1.82, 2.24) is 4.48 Å². The Morgan fingerprint density at radius 2 is 2.16 bits per heavy atom. The van der Waals surface area contributed by atoms with E-state index in [2.05, 4.69) is 41.0 Å². The number of hydrogen-bond donors (Lipinski definition) is 1. The van der Waals surface area contributed by atoms with Crippen LogP contribution in [0.5, 0.6) is 0 Å². The number of allylic oxidation sites excluding steroid dienone is 2. The third-order valence-corrected chi connectivity index (χ3v) is 3.81. The number of carboxylic acids is 1.